The van der Waals surface area contributed by atoms with Crippen molar-refractivity contribution in [2.75, 3.05) is 30.5 Å². The molecule has 21 heavy (non-hydrogen) atoms. The lowest BCUT2D eigenvalue weighted by atomic mass is 9.97. The number of nitrogens with one attached hydrogen (secondary N) is 1. The van der Waals surface area contributed by atoms with E-state index in [2.05, 4.69) is 15.4 Å². The first-order chi connectivity index (χ1) is 10.1. The van der Waals surface area contributed by atoms with Crippen LogP contribution < -0.4 is 16.2 Å². The lowest BCUT2D eigenvalue weighted by Crippen LogP contribution is -2.37. The summed E-state index contributed by atoms with van der Waals surface area (Å²) in [6.07, 6.45) is 2.32. The molecule has 1 aliphatic rings. The minimum absolute atomic E-state index is 0.0416. The minimum atomic E-state index is -0.572. The van der Waals surface area contributed by atoms with Crippen LogP contribution in [0.4, 0.5) is 17.3 Å². The summed E-state index contributed by atoms with van der Waals surface area (Å²) < 4.78 is 4.71. The Morgan fingerprint density at radius 1 is 1.52 bits per heavy atom. The van der Waals surface area contributed by atoms with Gasteiger partial charge in [-0.05, 0) is 12.8 Å². The van der Waals surface area contributed by atoms with Crippen LogP contribution in [0.15, 0.2) is 6.33 Å². The van der Waals surface area contributed by atoms with Crippen LogP contribution in [-0.2, 0) is 9.53 Å². The van der Waals surface area contributed by atoms with E-state index in [1.54, 1.807) is 4.90 Å². The maximum Gasteiger partial charge on any atom is 0.354 e. The highest BCUT2D eigenvalue weighted by atomic mass is 16.6. The van der Waals surface area contributed by atoms with Gasteiger partial charge in [-0.3, -0.25) is 14.9 Å². The number of nitrogens with zero attached hydrogens (tertiary/aromatic N) is 4. The number of methoxy groups -OCH3 is 1. The molecule has 10 heteroatoms. The number of anilines is 2. The van der Waals surface area contributed by atoms with Gasteiger partial charge in [0.05, 0.1) is 18.0 Å². The van der Waals surface area contributed by atoms with Crippen LogP contribution in [0.3, 0.4) is 0 Å². The smallest absolute Gasteiger partial charge is 0.354 e. The van der Waals surface area contributed by atoms with Crippen LogP contribution in [0.5, 0.6) is 0 Å². The first kappa shape index (κ1) is 14.9. The van der Waals surface area contributed by atoms with Crippen LogP contribution in [0.1, 0.15) is 12.8 Å². The van der Waals surface area contributed by atoms with Crippen LogP contribution in [0, 0.1) is 16.0 Å². The topological polar surface area (TPSA) is 137 Å². The lowest BCUT2D eigenvalue weighted by Gasteiger charge is -2.31. The van der Waals surface area contributed by atoms with Gasteiger partial charge in [-0.25, -0.2) is 15.8 Å². The van der Waals surface area contributed by atoms with Crippen LogP contribution in [0.25, 0.3) is 0 Å². The summed E-state index contributed by atoms with van der Waals surface area (Å²) >= 11 is 0. The lowest BCUT2D eigenvalue weighted by molar-refractivity contribution is -0.383. The zero-order valence-corrected chi connectivity index (χ0v) is 11.5. The Labute approximate surface area is 120 Å². The van der Waals surface area contributed by atoms with E-state index < -0.39 is 4.92 Å². The Morgan fingerprint density at radius 2 is 2.19 bits per heavy atom. The van der Waals surface area contributed by atoms with Gasteiger partial charge in [0, 0.05) is 13.1 Å². The van der Waals surface area contributed by atoms with Crippen molar-refractivity contribution in [3.05, 3.63) is 16.4 Å². The number of nitrogens with two attached hydrogens (primary N) is 1. The summed E-state index contributed by atoms with van der Waals surface area (Å²) in [6, 6.07) is 0. The molecule has 0 atom stereocenters. The summed E-state index contributed by atoms with van der Waals surface area (Å²) in [5, 5.41) is 11.2. The third-order valence-corrected chi connectivity index (χ3v) is 3.45. The van der Waals surface area contributed by atoms with Crippen LogP contribution in [-0.4, -0.2) is 41.1 Å². The SMILES string of the molecule is COC(=O)C1CCN(c2ncnc(NN)c2[N+](=O)[O-])CC1. The number of piperidine rings is 1. The van der Waals surface area contributed by atoms with Crippen molar-refractivity contribution in [1.82, 2.24) is 9.97 Å². The summed E-state index contributed by atoms with van der Waals surface area (Å²) in [5.41, 5.74) is 1.93. The Bertz CT molecular complexity index is 544. The number of aromatic nitrogens is 2. The van der Waals surface area contributed by atoms with Crippen molar-refractivity contribution in [1.29, 1.82) is 0 Å². The van der Waals surface area contributed by atoms with Crippen molar-refractivity contribution in [3.8, 4) is 0 Å². The summed E-state index contributed by atoms with van der Waals surface area (Å²) in [6.45, 7) is 0.948. The fourth-order valence-electron chi connectivity index (χ4n) is 2.37. The first-order valence-electron chi connectivity index (χ1n) is 6.37. The average Bonchev–Trinajstić information content (AvgIpc) is 2.53. The van der Waals surface area contributed by atoms with E-state index in [1.807, 2.05) is 0 Å². The molecule has 2 rings (SSSR count). The van der Waals surface area contributed by atoms with Gasteiger partial charge in [-0.2, -0.15) is 0 Å². The van der Waals surface area contributed by atoms with Gasteiger partial charge in [0.2, 0.25) is 11.6 Å². The summed E-state index contributed by atoms with van der Waals surface area (Å²) in [5.74, 6) is 4.97. The molecule has 1 aliphatic heterocycles. The number of carbonyl (C=O) groups is 1. The molecule has 1 fully saturated rings. The third-order valence-electron chi connectivity index (χ3n) is 3.45. The highest BCUT2D eigenvalue weighted by Gasteiger charge is 2.31. The van der Waals surface area contributed by atoms with Crippen molar-refractivity contribution in [2.45, 2.75) is 12.8 Å². The fourth-order valence-corrected chi connectivity index (χ4v) is 2.37. The van der Waals surface area contributed by atoms with E-state index in [0.717, 1.165) is 0 Å². The van der Waals surface area contributed by atoms with Crippen molar-refractivity contribution >= 4 is 23.3 Å². The minimum Gasteiger partial charge on any atom is -0.469 e. The van der Waals surface area contributed by atoms with Crippen LogP contribution in [0.2, 0.25) is 0 Å². The molecular weight excluding hydrogens is 280 g/mol. The van der Waals surface area contributed by atoms with E-state index >= 15 is 0 Å². The van der Waals surface area contributed by atoms with Crippen molar-refractivity contribution < 1.29 is 14.5 Å². The number of carbonyl (C=O) groups excluding carboxylic acids is 1. The largest absolute Gasteiger partial charge is 0.469 e. The molecule has 0 aliphatic carbocycles. The van der Waals surface area contributed by atoms with Gasteiger partial charge >= 0.3 is 11.7 Å². The molecule has 1 aromatic heterocycles. The highest BCUT2D eigenvalue weighted by molar-refractivity contribution is 5.73. The molecule has 1 aromatic rings. The number of nitrogen functional groups attached to an aromatic ring is 1. The molecule has 1 saturated heterocycles. The van der Waals surface area contributed by atoms with Gasteiger partial charge < -0.3 is 15.1 Å². The summed E-state index contributed by atoms with van der Waals surface area (Å²) in [4.78, 5) is 31.6. The molecule has 114 valence electrons. The van der Waals surface area contributed by atoms with Gasteiger partial charge in [0.15, 0.2) is 0 Å². The van der Waals surface area contributed by atoms with Gasteiger partial charge in [-0.15, -0.1) is 0 Å². The average molecular weight is 296 g/mol. The molecule has 0 bridgehead atoms. The van der Waals surface area contributed by atoms with E-state index in [4.69, 9.17) is 10.6 Å². The second-order valence-electron chi connectivity index (χ2n) is 4.58. The normalized spacial score (nSPS) is 15.6. The highest BCUT2D eigenvalue weighted by Crippen LogP contribution is 2.33. The number of hydrogen-bond acceptors (Lipinski definition) is 9. The number of hydrazine groups is 1. The fraction of sp³-hybridized carbons (Fsp3) is 0.545. The molecule has 3 N–H and O–H groups in total. The second-order valence-corrected chi connectivity index (χ2v) is 4.58. The number of ether oxygens (including phenoxy) is 1. The maximum atomic E-state index is 11.5. The Morgan fingerprint density at radius 3 is 2.71 bits per heavy atom. The zero-order valence-electron chi connectivity index (χ0n) is 11.5. The van der Waals surface area contributed by atoms with Gasteiger partial charge in [0.25, 0.3) is 0 Å². The molecule has 10 nitrogen and oxygen atoms in total. The van der Waals surface area contributed by atoms with Gasteiger partial charge in [0.1, 0.15) is 6.33 Å². The molecule has 2 heterocycles. The molecule has 0 radical (unpaired) electrons. The third kappa shape index (κ3) is 2.99. The van der Waals surface area contributed by atoms with Crippen molar-refractivity contribution in [2.24, 2.45) is 11.8 Å². The van der Waals surface area contributed by atoms with E-state index in [0.29, 0.717) is 25.9 Å². The molecule has 0 saturated carbocycles. The Kier molecular flexibility index (Phi) is 4.48. The van der Waals surface area contributed by atoms with Crippen LogP contribution >= 0.6 is 0 Å². The maximum absolute atomic E-state index is 11.5. The molecule has 0 spiro atoms. The first-order valence-corrected chi connectivity index (χ1v) is 6.37. The number of esters is 1. The zero-order chi connectivity index (χ0) is 15.4. The predicted octanol–water partition coefficient (Wildman–Crippen LogP) is 0.0598. The summed E-state index contributed by atoms with van der Waals surface area (Å²) in [7, 11) is 1.35. The van der Waals surface area contributed by atoms with E-state index in [9.17, 15) is 14.9 Å². The van der Waals surface area contributed by atoms with Crippen molar-refractivity contribution in [3.63, 3.8) is 0 Å². The Hall–Kier alpha value is -2.49. The quantitative estimate of drug-likeness (QED) is 0.342. The molecule has 0 aromatic carbocycles. The Balaban J connectivity index is 2.21. The number of hydrogen-bond donors (Lipinski definition) is 2. The van der Waals surface area contributed by atoms with Gasteiger partial charge in [-0.1, -0.05) is 0 Å². The predicted molar refractivity (Wildman–Crippen MR) is 73.4 cm³/mol. The second kappa shape index (κ2) is 6.31. The molecule has 0 amide bonds. The molecule has 0 unspecified atom stereocenters. The monoisotopic (exact) mass is 296 g/mol. The molecular formula is C11H16N6O4. The number of nitro groups is 1. The van der Waals surface area contributed by atoms with E-state index in [-0.39, 0.29) is 29.2 Å². The standard InChI is InChI=1S/C11H16N6O4/c1-21-11(18)7-2-4-16(5-3-7)10-8(17(19)20)9(15-12)13-6-14-10/h6-7H,2-5,12H2,1H3,(H,13,14,15). The number of rotatable bonds is 4. The van der Waals surface area contributed by atoms with E-state index in [1.165, 1.54) is 13.4 Å².